The SMILES string of the molecule is COc1cccc(-c2cnc(N)nc2[C@@H]2CCCCN2C(=O)CCc2ccccc2)c1. The van der Waals surface area contributed by atoms with Crippen LogP contribution < -0.4 is 10.5 Å². The molecule has 0 aliphatic carbocycles. The van der Waals surface area contributed by atoms with Crippen LogP contribution in [-0.4, -0.2) is 34.4 Å². The van der Waals surface area contributed by atoms with Crippen molar-refractivity contribution in [2.24, 2.45) is 0 Å². The largest absolute Gasteiger partial charge is 0.497 e. The van der Waals surface area contributed by atoms with E-state index in [4.69, 9.17) is 10.5 Å². The van der Waals surface area contributed by atoms with Gasteiger partial charge in [0.05, 0.1) is 18.8 Å². The lowest BCUT2D eigenvalue weighted by molar-refractivity contribution is -0.135. The van der Waals surface area contributed by atoms with Crippen LogP contribution >= 0.6 is 0 Å². The fraction of sp³-hybridized carbons (Fsp3) is 0.320. The van der Waals surface area contributed by atoms with Gasteiger partial charge in [0.1, 0.15) is 5.75 Å². The third-order valence-electron chi connectivity index (χ3n) is 5.83. The van der Waals surface area contributed by atoms with Gasteiger partial charge < -0.3 is 15.4 Å². The number of nitrogens with two attached hydrogens (primary N) is 1. The van der Waals surface area contributed by atoms with E-state index in [0.29, 0.717) is 6.42 Å². The number of hydrogen-bond donors (Lipinski definition) is 1. The summed E-state index contributed by atoms with van der Waals surface area (Å²) in [5, 5.41) is 0. The lowest BCUT2D eigenvalue weighted by atomic mass is 9.93. The molecule has 1 aliphatic rings. The number of likely N-dealkylation sites (tertiary alicyclic amines) is 1. The van der Waals surface area contributed by atoms with Crippen molar-refractivity contribution in [3.63, 3.8) is 0 Å². The number of methoxy groups -OCH3 is 1. The summed E-state index contributed by atoms with van der Waals surface area (Å²) in [6.45, 7) is 0.736. The number of ether oxygens (including phenoxy) is 1. The molecular formula is C25H28N4O2. The molecule has 1 aromatic heterocycles. The minimum absolute atomic E-state index is 0.108. The lowest BCUT2D eigenvalue weighted by Gasteiger charge is -2.36. The Hall–Kier alpha value is -3.41. The summed E-state index contributed by atoms with van der Waals surface area (Å²) in [6.07, 6.45) is 5.89. The number of hydrogen-bond acceptors (Lipinski definition) is 5. The second-order valence-corrected chi connectivity index (χ2v) is 7.84. The van der Waals surface area contributed by atoms with Crippen molar-refractivity contribution in [2.45, 2.75) is 38.1 Å². The summed E-state index contributed by atoms with van der Waals surface area (Å²) < 4.78 is 5.39. The summed E-state index contributed by atoms with van der Waals surface area (Å²) in [4.78, 5) is 24.0. The Kier molecular flexibility index (Phi) is 6.46. The average Bonchev–Trinajstić information content (AvgIpc) is 2.83. The van der Waals surface area contributed by atoms with Crippen molar-refractivity contribution in [1.82, 2.24) is 14.9 Å². The van der Waals surface area contributed by atoms with Crippen LogP contribution in [0.4, 0.5) is 5.95 Å². The molecule has 1 saturated heterocycles. The number of carbonyl (C=O) groups is 1. The van der Waals surface area contributed by atoms with Gasteiger partial charge in [-0.15, -0.1) is 0 Å². The zero-order valence-electron chi connectivity index (χ0n) is 17.8. The minimum Gasteiger partial charge on any atom is -0.497 e. The van der Waals surface area contributed by atoms with Crippen LogP contribution in [0.5, 0.6) is 5.75 Å². The molecule has 4 rings (SSSR count). The van der Waals surface area contributed by atoms with Crippen molar-refractivity contribution < 1.29 is 9.53 Å². The molecule has 2 heterocycles. The monoisotopic (exact) mass is 416 g/mol. The fourth-order valence-electron chi connectivity index (χ4n) is 4.23. The average molecular weight is 417 g/mol. The lowest BCUT2D eigenvalue weighted by Crippen LogP contribution is -2.39. The maximum absolute atomic E-state index is 13.2. The van der Waals surface area contributed by atoms with E-state index in [1.165, 1.54) is 5.56 Å². The zero-order valence-corrected chi connectivity index (χ0v) is 17.8. The number of amides is 1. The highest BCUT2D eigenvalue weighted by Gasteiger charge is 2.31. The van der Waals surface area contributed by atoms with E-state index in [0.717, 1.165) is 54.8 Å². The van der Waals surface area contributed by atoms with Gasteiger partial charge in [0.25, 0.3) is 0 Å². The Morgan fingerprint density at radius 3 is 2.81 bits per heavy atom. The van der Waals surface area contributed by atoms with Crippen LogP contribution in [0.1, 0.15) is 43.0 Å². The summed E-state index contributed by atoms with van der Waals surface area (Å²) in [6, 6.07) is 17.8. The van der Waals surface area contributed by atoms with Crippen LogP contribution in [0, 0.1) is 0 Å². The maximum atomic E-state index is 13.2. The first-order valence-electron chi connectivity index (χ1n) is 10.8. The molecule has 1 fully saturated rings. The Balaban J connectivity index is 1.63. The molecule has 3 aromatic rings. The molecule has 1 amide bonds. The van der Waals surface area contributed by atoms with Crippen LogP contribution in [-0.2, 0) is 11.2 Å². The normalized spacial score (nSPS) is 16.2. The highest BCUT2D eigenvalue weighted by molar-refractivity contribution is 5.78. The summed E-state index contributed by atoms with van der Waals surface area (Å²) in [7, 11) is 1.65. The Bertz CT molecular complexity index is 1040. The van der Waals surface area contributed by atoms with Gasteiger partial charge in [-0.25, -0.2) is 9.97 Å². The number of aromatic nitrogens is 2. The number of aryl methyl sites for hydroxylation is 1. The van der Waals surface area contributed by atoms with E-state index < -0.39 is 0 Å². The first-order chi connectivity index (χ1) is 15.2. The number of nitrogen functional groups attached to an aromatic ring is 1. The van der Waals surface area contributed by atoms with Crippen LogP contribution in [0.15, 0.2) is 60.8 Å². The first kappa shape index (κ1) is 20.8. The Labute approximate surface area is 183 Å². The van der Waals surface area contributed by atoms with E-state index >= 15 is 0 Å². The maximum Gasteiger partial charge on any atom is 0.223 e. The third kappa shape index (κ3) is 4.85. The number of piperidine rings is 1. The van der Waals surface area contributed by atoms with Crippen molar-refractivity contribution in [2.75, 3.05) is 19.4 Å². The molecule has 2 N–H and O–H groups in total. The third-order valence-corrected chi connectivity index (χ3v) is 5.83. The molecule has 0 radical (unpaired) electrons. The standard InChI is InChI=1S/C25H28N4O2/c1-31-20-11-7-10-19(16-20)21-17-27-25(26)28-24(21)22-12-5-6-15-29(22)23(30)14-13-18-8-3-2-4-9-18/h2-4,7-11,16-17,22H,5-6,12-15H2,1H3,(H2,26,27,28)/t22-/m0/s1. The highest BCUT2D eigenvalue weighted by atomic mass is 16.5. The van der Waals surface area contributed by atoms with E-state index in [-0.39, 0.29) is 17.9 Å². The minimum atomic E-state index is -0.108. The fourth-order valence-corrected chi connectivity index (χ4v) is 4.23. The number of carbonyl (C=O) groups excluding carboxylic acids is 1. The number of benzene rings is 2. The van der Waals surface area contributed by atoms with E-state index in [2.05, 4.69) is 22.1 Å². The van der Waals surface area contributed by atoms with E-state index in [9.17, 15) is 4.79 Å². The van der Waals surface area contributed by atoms with Crippen molar-refractivity contribution in [1.29, 1.82) is 0 Å². The van der Waals surface area contributed by atoms with Crippen LogP contribution in [0.2, 0.25) is 0 Å². The molecule has 0 bridgehead atoms. The molecule has 0 unspecified atom stereocenters. The van der Waals surface area contributed by atoms with E-state index in [1.54, 1.807) is 13.3 Å². The molecule has 0 spiro atoms. The topological polar surface area (TPSA) is 81.3 Å². The molecule has 2 aromatic carbocycles. The Morgan fingerprint density at radius 2 is 2.00 bits per heavy atom. The van der Waals surface area contributed by atoms with Gasteiger partial charge in [0.2, 0.25) is 11.9 Å². The van der Waals surface area contributed by atoms with Gasteiger partial charge in [0, 0.05) is 24.7 Å². The van der Waals surface area contributed by atoms with Gasteiger partial charge in [-0.2, -0.15) is 0 Å². The molecule has 0 saturated carbocycles. The molecule has 6 heteroatoms. The van der Waals surface area contributed by atoms with Gasteiger partial charge >= 0.3 is 0 Å². The predicted octanol–water partition coefficient (Wildman–Crippen LogP) is 4.42. The second-order valence-electron chi connectivity index (χ2n) is 7.84. The number of anilines is 1. The quantitative estimate of drug-likeness (QED) is 0.643. The predicted molar refractivity (Wildman–Crippen MR) is 122 cm³/mol. The van der Waals surface area contributed by atoms with Gasteiger partial charge in [-0.1, -0.05) is 42.5 Å². The van der Waals surface area contributed by atoms with Gasteiger partial charge in [-0.3, -0.25) is 4.79 Å². The van der Waals surface area contributed by atoms with Gasteiger partial charge in [-0.05, 0) is 48.9 Å². The second kappa shape index (κ2) is 9.60. The van der Waals surface area contributed by atoms with Gasteiger partial charge in [0.15, 0.2) is 0 Å². The van der Waals surface area contributed by atoms with Crippen LogP contribution in [0.3, 0.4) is 0 Å². The van der Waals surface area contributed by atoms with Crippen LogP contribution in [0.25, 0.3) is 11.1 Å². The summed E-state index contributed by atoms with van der Waals surface area (Å²) >= 11 is 0. The first-order valence-corrected chi connectivity index (χ1v) is 10.8. The number of nitrogens with zero attached hydrogens (tertiary/aromatic N) is 3. The molecule has 6 nitrogen and oxygen atoms in total. The van der Waals surface area contributed by atoms with E-state index in [1.807, 2.05) is 47.4 Å². The zero-order chi connectivity index (χ0) is 21.6. The molecule has 160 valence electrons. The van der Waals surface area contributed by atoms with Crippen molar-refractivity contribution in [3.05, 3.63) is 72.1 Å². The van der Waals surface area contributed by atoms with Crippen molar-refractivity contribution in [3.8, 4) is 16.9 Å². The summed E-state index contributed by atoms with van der Waals surface area (Å²) in [5.74, 6) is 1.14. The molecule has 1 aliphatic heterocycles. The molecule has 31 heavy (non-hydrogen) atoms. The van der Waals surface area contributed by atoms with Crippen molar-refractivity contribution >= 4 is 11.9 Å². The Morgan fingerprint density at radius 1 is 1.16 bits per heavy atom. The molecular weight excluding hydrogens is 388 g/mol. The molecule has 1 atom stereocenters. The smallest absolute Gasteiger partial charge is 0.223 e. The number of rotatable bonds is 6. The summed E-state index contributed by atoms with van der Waals surface area (Å²) in [5.41, 5.74) is 9.81. The highest BCUT2D eigenvalue weighted by Crippen LogP contribution is 2.37.